The van der Waals surface area contributed by atoms with Crippen molar-refractivity contribution in [2.24, 2.45) is 0 Å². The number of nitrogens with one attached hydrogen (secondary N) is 2. The predicted octanol–water partition coefficient (Wildman–Crippen LogP) is 3.85. The number of hydrogen-bond donors (Lipinski definition) is 2. The highest BCUT2D eigenvalue weighted by Gasteiger charge is 2.09. The Bertz CT molecular complexity index is 872. The third kappa shape index (κ3) is 4.65. The number of aromatic nitrogens is 3. The Morgan fingerprint density at radius 1 is 1.00 bits per heavy atom. The molecular formula is C17H13Cl2N5O. The van der Waals surface area contributed by atoms with Crippen molar-refractivity contribution in [2.75, 3.05) is 5.32 Å². The van der Waals surface area contributed by atoms with Crippen molar-refractivity contribution in [1.82, 2.24) is 20.5 Å². The van der Waals surface area contributed by atoms with E-state index in [9.17, 15) is 4.79 Å². The zero-order chi connectivity index (χ0) is 17.6. The largest absolute Gasteiger partial charge is 0.347 e. The summed E-state index contributed by atoms with van der Waals surface area (Å²) in [6.45, 7) is 0.392. The second-order valence-corrected chi connectivity index (χ2v) is 5.93. The molecule has 3 aromatic rings. The summed E-state index contributed by atoms with van der Waals surface area (Å²) >= 11 is 12.0. The van der Waals surface area contributed by atoms with Crippen molar-refractivity contribution in [2.45, 2.75) is 6.54 Å². The van der Waals surface area contributed by atoms with E-state index in [2.05, 4.69) is 25.8 Å². The van der Waals surface area contributed by atoms with Gasteiger partial charge in [-0.15, -0.1) is 10.2 Å². The van der Waals surface area contributed by atoms with E-state index >= 15 is 0 Å². The van der Waals surface area contributed by atoms with Crippen molar-refractivity contribution in [3.05, 3.63) is 76.2 Å². The standard InChI is InChI=1S/C17H13Cl2N5O/c18-12-1-2-14(13(19)9-12)22-16-4-3-15(23-24-16)17(25)21-10-11-5-7-20-8-6-11/h1-9H,10H2,(H,21,25)(H,22,24). The first-order chi connectivity index (χ1) is 12.1. The number of rotatable bonds is 5. The lowest BCUT2D eigenvalue weighted by Crippen LogP contribution is -2.24. The second-order valence-electron chi connectivity index (χ2n) is 5.09. The molecule has 0 spiro atoms. The molecule has 0 unspecified atom stereocenters. The van der Waals surface area contributed by atoms with Crippen molar-refractivity contribution in [1.29, 1.82) is 0 Å². The van der Waals surface area contributed by atoms with Gasteiger partial charge < -0.3 is 10.6 Å². The quantitative estimate of drug-likeness (QED) is 0.709. The van der Waals surface area contributed by atoms with Crippen molar-refractivity contribution < 1.29 is 4.79 Å². The molecule has 8 heteroatoms. The molecule has 2 aromatic heterocycles. The van der Waals surface area contributed by atoms with E-state index in [0.717, 1.165) is 5.56 Å². The zero-order valence-corrected chi connectivity index (χ0v) is 14.4. The fourth-order valence-corrected chi connectivity index (χ4v) is 2.48. The van der Waals surface area contributed by atoms with Crippen LogP contribution >= 0.6 is 23.2 Å². The van der Waals surface area contributed by atoms with Crippen LogP contribution in [0.5, 0.6) is 0 Å². The van der Waals surface area contributed by atoms with Crippen LogP contribution in [0.15, 0.2) is 54.9 Å². The Balaban J connectivity index is 1.62. The molecule has 2 heterocycles. The van der Waals surface area contributed by atoms with Gasteiger partial charge in [0, 0.05) is 24.0 Å². The molecule has 0 aliphatic heterocycles. The van der Waals surface area contributed by atoms with Crippen LogP contribution in [0.25, 0.3) is 0 Å². The molecule has 0 saturated heterocycles. The molecule has 0 radical (unpaired) electrons. The molecule has 0 bridgehead atoms. The topological polar surface area (TPSA) is 79.8 Å². The smallest absolute Gasteiger partial charge is 0.272 e. The van der Waals surface area contributed by atoms with Gasteiger partial charge >= 0.3 is 0 Å². The lowest BCUT2D eigenvalue weighted by molar-refractivity contribution is 0.0945. The number of anilines is 2. The summed E-state index contributed by atoms with van der Waals surface area (Å²) in [5.41, 5.74) is 1.82. The Morgan fingerprint density at radius 3 is 2.48 bits per heavy atom. The molecule has 25 heavy (non-hydrogen) atoms. The molecule has 0 fully saturated rings. The van der Waals surface area contributed by atoms with Gasteiger partial charge in [-0.1, -0.05) is 23.2 Å². The molecule has 2 N–H and O–H groups in total. The zero-order valence-electron chi connectivity index (χ0n) is 12.9. The third-order valence-electron chi connectivity index (χ3n) is 3.29. The number of carbonyl (C=O) groups excluding carboxylic acids is 1. The normalized spacial score (nSPS) is 10.3. The van der Waals surface area contributed by atoms with Gasteiger partial charge in [-0.2, -0.15) is 0 Å². The van der Waals surface area contributed by atoms with Crippen LogP contribution in [0.1, 0.15) is 16.1 Å². The highest BCUT2D eigenvalue weighted by molar-refractivity contribution is 6.36. The lowest BCUT2D eigenvalue weighted by atomic mass is 10.2. The van der Waals surface area contributed by atoms with Crippen LogP contribution in [-0.2, 0) is 6.54 Å². The number of benzene rings is 1. The summed E-state index contributed by atoms with van der Waals surface area (Å²) in [6.07, 6.45) is 3.34. The van der Waals surface area contributed by atoms with Crippen LogP contribution in [-0.4, -0.2) is 21.1 Å². The summed E-state index contributed by atoms with van der Waals surface area (Å²) < 4.78 is 0. The first kappa shape index (κ1) is 17.1. The Morgan fingerprint density at radius 2 is 1.80 bits per heavy atom. The van der Waals surface area contributed by atoms with Gasteiger partial charge in [-0.3, -0.25) is 9.78 Å². The minimum atomic E-state index is -0.305. The second kappa shape index (κ2) is 7.92. The third-order valence-corrected chi connectivity index (χ3v) is 3.84. The van der Waals surface area contributed by atoms with Gasteiger partial charge in [0.25, 0.3) is 5.91 Å². The number of amides is 1. The number of pyridine rings is 1. The van der Waals surface area contributed by atoms with E-state index in [-0.39, 0.29) is 11.6 Å². The highest BCUT2D eigenvalue weighted by atomic mass is 35.5. The number of carbonyl (C=O) groups is 1. The lowest BCUT2D eigenvalue weighted by Gasteiger charge is -2.08. The molecule has 126 valence electrons. The summed E-state index contributed by atoms with van der Waals surface area (Å²) in [5, 5.41) is 14.7. The summed E-state index contributed by atoms with van der Waals surface area (Å²) in [5.74, 6) is 0.162. The molecule has 0 saturated carbocycles. The van der Waals surface area contributed by atoms with Crippen LogP contribution in [0.2, 0.25) is 10.0 Å². The molecule has 0 aliphatic rings. The average molecular weight is 374 g/mol. The van der Waals surface area contributed by atoms with Crippen molar-refractivity contribution in [3.8, 4) is 0 Å². The predicted molar refractivity (Wildman–Crippen MR) is 97.2 cm³/mol. The van der Waals surface area contributed by atoms with Gasteiger partial charge in [0.05, 0.1) is 10.7 Å². The van der Waals surface area contributed by atoms with E-state index in [1.165, 1.54) is 0 Å². The van der Waals surface area contributed by atoms with E-state index in [1.54, 1.807) is 42.7 Å². The van der Waals surface area contributed by atoms with Crippen molar-refractivity contribution in [3.63, 3.8) is 0 Å². The molecular weight excluding hydrogens is 361 g/mol. The van der Waals surface area contributed by atoms with Gasteiger partial charge in [0.1, 0.15) is 0 Å². The molecule has 0 atom stereocenters. The minimum Gasteiger partial charge on any atom is -0.347 e. The summed E-state index contributed by atoms with van der Waals surface area (Å²) in [4.78, 5) is 16.0. The number of hydrogen-bond acceptors (Lipinski definition) is 5. The Labute approximate surface area is 154 Å². The van der Waals surface area contributed by atoms with Crippen LogP contribution < -0.4 is 10.6 Å². The van der Waals surface area contributed by atoms with Gasteiger partial charge in [-0.25, -0.2) is 0 Å². The summed E-state index contributed by atoms with van der Waals surface area (Å²) in [6, 6.07) is 12.0. The Hall–Kier alpha value is -2.70. The van der Waals surface area contributed by atoms with Gasteiger partial charge in [-0.05, 0) is 48.0 Å². The number of nitrogens with zero attached hydrogens (tertiary/aromatic N) is 3. The maximum atomic E-state index is 12.1. The Kier molecular flexibility index (Phi) is 5.42. The van der Waals surface area contributed by atoms with Gasteiger partial charge in [0.2, 0.25) is 0 Å². The maximum absolute atomic E-state index is 12.1. The van der Waals surface area contributed by atoms with Crippen LogP contribution in [0.4, 0.5) is 11.5 Å². The van der Waals surface area contributed by atoms with E-state index < -0.39 is 0 Å². The molecule has 3 rings (SSSR count). The molecule has 6 nitrogen and oxygen atoms in total. The summed E-state index contributed by atoms with van der Waals surface area (Å²) in [7, 11) is 0. The maximum Gasteiger partial charge on any atom is 0.272 e. The van der Waals surface area contributed by atoms with Gasteiger partial charge in [0.15, 0.2) is 11.5 Å². The molecule has 1 aromatic carbocycles. The fraction of sp³-hybridized carbons (Fsp3) is 0.0588. The van der Waals surface area contributed by atoms with E-state index in [4.69, 9.17) is 23.2 Å². The number of halogens is 2. The average Bonchev–Trinajstić information content (AvgIpc) is 2.63. The van der Waals surface area contributed by atoms with Crippen LogP contribution in [0.3, 0.4) is 0 Å². The SMILES string of the molecule is O=C(NCc1ccncc1)c1ccc(Nc2ccc(Cl)cc2Cl)nn1. The minimum absolute atomic E-state index is 0.224. The van der Waals surface area contributed by atoms with E-state index in [1.807, 2.05) is 12.1 Å². The first-order valence-corrected chi connectivity index (χ1v) is 8.10. The first-order valence-electron chi connectivity index (χ1n) is 7.35. The molecule has 0 aliphatic carbocycles. The highest BCUT2D eigenvalue weighted by Crippen LogP contribution is 2.27. The van der Waals surface area contributed by atoms with E-state index in [0.29, 0.717) is 28.1 Å². The fourth-order valence-electron chi connectivity index (χ4n) is 2.02. The van der Waals surface area contributed by atoms with Crippen LogP contribution in [0, 0.1) is 0 Å². The van der Waals surface area contributed by atoms with Crippen molar-refractivity contribution >= 4 is 40.6 Å². The molecule has 1 amide bonds. The monoisotopic (exact) mass is 373 g/mol.